The number of nitrogens with one attached hydrogen (secondary N) is 1. The minimum atomic E-state index is 0.124. The van der Waals surface area contributed by atoms with Gasteiger partial charge in [0, 0.05) is 49.7 Å². The van der Waals surface area contributed by atoms with E-state index >= 15 is 0 Å². The number of piperidine rings is 1. The van der Waals surface area contributed by atoms with E-state index in [0.29, 0.717) is 12.5 Å². The van der Waals surface area contributed by atoms with Gasteiger partial charge in [-0.15, -0.1) is 0 Å². The molecule has 32 heavy (non-hydrogen) atoms. The Morgan fingerprint density at radius 2 is 2.00 bits per heavy atom. The van der Waals surface area contributed by atoms with Crippen LogP contribution >= 0.6 is 0 Å². The van der Waals surface area contributed by atoms with Crippen LogP contribution in [-0.2, 0) is 17.8 Å². The molecule has 1 fully saturated rings. The number of ether oxygens (including phenoxy) is 1. The van der Waals surface area contributed by atoms with Crippen molar-refractivity contribution in [2.45, 2.75) is 39.7 Å². The predicted molar refractivity (Wildman–Crippen MR) is 130 cm³/mol. The van der Waals surface area contributed by atoms with Crippen LogP contribution in [0.3, 0.4) is 0 Å². The molecule has 1 aliphatic rings. The number of nitrogens with zero attached hydrogens (tertiary/aromatic N) is 2. The summed E-state index contributed by atoms with van der Waals surface area (Å²) in [5.74, 6) is 1.35. The van der Waals surface area contributed by atoms with Gasteiger partial charge in [-0.3, -0.25) is 9.69 Å². The van der Waals surface area contributed by atoms with Crippen molar-refractivity contribution in [2.75, 3.05) is 32.8 Å². The Labute approximate surface area is 191 Å². The number of fused-ring (bicyclic) bond motifs is 1. The van der Waals surface area contributed by atoms with Crippen LogP contribution in [0.4, 0.5) is 0 Å². The fraction of sp³-hybridized carbons (Fsp3) is 0.444. The SMILES string of the molecule is CCN(CC)C(=O)C1CCCN(Cc2cccc(OCCc3c[nH]c4ccccc34)c2)C1. The molecule has 170 valence electrons. The number of hydrogen-bond acceptors (Lipinski definition) is 3. The van der Waals surface area contributed by atoms with Gasteiger partial charge in [0.05, 0.1) is 12.5 Å². The van der Waals surface area contributed by atoms with E-state index in [1.807, 2.05) is 11.0 Å². The average Bonchev–Trinajstić information content (AvgIpc) is 3.23. The minimum Gasteiger partial charge on any atom is -0.493 e. The summed E-state index contributed by atoms with van der Waals surface area (Å²) in [6, 6.07) is 16.8. The molecule has 0 saturated carbocycles. The van der Waals surface area contributed by atoms with E-state index in [1.165, 1.54) is 22.0 Å². The second-order valence-electron chi connectivity index (χ2n) is 8.69. The van der Waals surface area contributed by atoms with Gasteiger partial charge in [0.1, 0.15) is 5.75 Å². The molecule has 4 rings (SSSR count). The topological polar surface area (TPSA) is 48.6 Å². The number of hydrogen-bond donors (Lipinski definition) is 1. The summed E-state index contributed by atoms with van der Waals surface area (Å²) in [6.45, 7) is 9.12. The highest BCUT2D eigenvalue weighted by molar-refractivity contribution is 5.83. The Bertz CT molecular complexity index is 1020. The van der Waals surface area contributed by atoms with E-state index in [-0.39, 0.29) is 5.92 Å². The number of likely N-dealkylation sites (tertiary alicyclic amines) is 1. The zero-order chi connectivity index (χ0) is 22.3. The normalized spacial score (nSPS) is 16.9. The summed E-state index contributed by atoms with van der Waals surface area (Å²) in [6.07, 6.45) is 5.04. The number of amides is 1. The third-order valence-electron chi connectivity index (χ3n) is 6.55. The highest BCUT2D eigenvalue weighted by Crippen LogP contribution is 2.23. The number of benzene rings is 2. The van der Waals surface area contributed by atoms with Crippen molar-refractivity contribution in [2.24, 2.45) is 5.92 Å². The number of rotatable bonds is 9. The highest BCUT2D eigenvalue weighted by Gasteiger charge is 2.28. The molecule has 0 aliphatic carbocycles. The molecule has 1 unspecified atom stereocenters. The molecule has 0 radical (unpaired) electrons. The van der Waals surface area contributed by atoms with Crippen LogP contribution in [0.15, 0.2) is 54.7 Å². The Balaban J connectivity index is 1.31. The van der Waals surface area contributed by atoms with Crippen molar-refractivity contribution in [3.63, 3.8) is 0 Å². The van der Waals surface area contributed by atoms with E-state index in [2.05, 4.69) is 72.4 Å². The van der Waals surface area contributed by atoms with Crippen LogP contribution in [-0.4, -0.2) is 53.5 Å². The van der Waals surface area contributed by atoms with Gasteiger partial charge in [-0.2, -0.15) is 0 Å². The van der Waals surface area contributed by atoms with Crippen LogP contribution in [0.1, 0.15) is 37.8 Å². The van der Waals surface area contributed by atoms with Crippen molar-refractivity contribution >= 4 is 16.8 Å². The number of carbonyl (C=O) groups is 1. The van der Waals surface area contributed by atoms with Gasteiger partial charge in [0.15, 0.2) is 0 Å². The van der Waals surface area contributed by atoms with Gasteiger partial charge in [-0.1, -0.05) is 30.3 Å². The molecule has 1 saturated heterocycles. The van der Waals surface area contributed by atoms with Crippen molar-refractivity contribution in [3.8, 4) is 5.75 Å². The molecular formula is C27H35N3O2. The van der Waals surface area contributed by atoms with E-state index in [4.69, 9.17) is 4.74 Å². The predicted octanol–water partition coefficient (Wildman–Crippen LogP) is 4.87. The molecule has 2 aromatic carbocycles. The Morgan fingerprint density at radius 1 is 1.16 bits per heavy atom. The standard InChI is InChI=1S/C27H35N3O2/c1-3-30(4-2)27(31)23-10-8-15-29(20-23)19-21-9-7-11-24(17-21)32-16-14-22-18-28-26-13-6-5-12-25(22)26/h5-7,9,11-13,17-18,23,28H,3-4,8,10,14-16,19-20H2,1-2H3. The third kappa shape index (κ3) is 5.33. The summed E-state index contributed by atoms with van der Waals surface area (Å²) in [4.78, 5) is 20.5. The zero-order valence-electron chi connectivity index (χ0n) is 19.3. The summed E-state index contributed by atoms with van der Waals surface area (Å²) in [7, 11) is 0. The number of aromatic amines is 1. The monoisotopic (exact) mass is 433 g/mol. The van der Waals surface area contributed by atoms with E-state index in [9.17, 15) is 4.79 Å². The smallest absolute Gasteiger partial charge is 0.226 e. The molecule has 1 amide bonds. The maximum absolute atomic E-state index is 12.8. The van der Waals surface area contributed by atoms with Gasteiger partial charge in [-0.05, 0) is 62.6 Å². The number of carbonyl (C=O) groups excluding carboxylic acids is 1. The molecule has 2 heterocycles. The molecule has 5 heteroatoms. The number of aromatic nitrogens is 1. The first kappa shape index (κ1) is 22.4. The molecule has 5 nitrogen and oxygen atoms in total. The maximum atomic E-state index is 12.8. The molecule has 1 aliphatic heterocycles. The molecule has 1 aromatic heterocycles. The fourth-order valence-corrected chi connectivity index (χ4v) is 4.80. The summed E-state index contributed by atoms with van der Waals surface area (Å²) < 4.78 is 6.08. The molecule has 1 atom stereocenters. The Morgan fingerprint density at radius 3 is 2.84 bits per heavy atom. The summed E-state index contributed by atoms with van der Waals surface area (Å²) in [5, 5.41) is 1.27. The third-order valence-corrected chi connectivity index (χ3v) is 6.55. The lowest BCUT2D eigenvalue weighted by atomic mass is 9.96. The molecule has 3 aromatic rings. The molecule has 1 N–H and O–H groups in total. The first-order chi connectivity index (χ1) is 15.7. The van der Waals surface area contributed by atoms with Crippen LogP contribution in [0.25, 0.3) is 10.9 Å². The van der Waals surface area contributed by atoms with Gasteiger partial charge in [0.2, 0.25) is 5.91 Å². The fourth-order valence-electron chi connectivity index (χ4n) is 4.80. The zero-order valence-corrected chi connectivity index (χ0v) is 19.3. The van der Waals surface area contributed by atoms with E-state index < -0.39 is 0 Å². The number of H-pyrrole nitrogens is 1. The van der Waals surface area contributed by atoms with Crippen molar-refractivity contribution < 1.29 is 9.53 Å². The van der Waals surface area contributed by atoms with Crippen molar-refractivity contribution in [3.05, 3.63) is 65.9 Å². The van der Waals surface area contributed by atoms with Gasteiger partial charge in [-0.25, -0.2) is 0 Å². The van der Waals surface area contributed by atoms with E-state index in [1.54, 1.807) is 0 Å². The first-order valence-electron chi connectivity index (χ1n) is 12.0. The van der Waals surface area contributed by atoms with Crippen LogP contribution in [0.2, 0.25) is 0 Å². The number of para-hydroxylation sites is 1. The van der Waals surface area contributed by atoms with Gasteiger partial charge in [0.25, 0.3) is 0 Å². The second-order valence-corrected chi connectivity index (χ2v) is 8.69. The van der Waals surface area contributed by atoms with Crippen molar-refractivity contribution in [1.29, 1.82) is 0 Å². The largest absolute Gasteiger partial charge is 0.493 e. The summed E-state index contributed by atoms with van der Waals surface area (Å²) >= 11 is 0. The van der Waals surface area contributed by atoms with Crippen molar-refractivity contribution in [1.82, 2.24) is 14.8 Å². The van der Waals surface area contributed by atoms with Gasteiger partial charge >= 0.3 is 0 Å². The average molecular weight is 434 g/mol. The Kier molecular flexibility index (Phi) is 7.48. The molecular weight excluding hydrogens is 398 g/mol. The van der Waals surface area contributed by atoms with Crippen LogP contribution < -0.4 is 4.74 Å². The van der Waals surface area contributed by atoms with E-state index in [0.717, 1.165) is 57.7 Å². The quantitative estimate of drug-likeness (QED) is 0.524. The lowest BCUT2D eigenvalue weighted by Gasteiger charge is -2.34. The highest BCUT2D eigenvalue weighted by atomic mass is 16.5. The van der Waals surface area contributed by atoms with Crippen LogP contribution in [0, 0.1) is 5.92 Å². The Hall–Kier alpha value is -2.79. The molecule has 0 spiro atoms. The lowest BCUT2D eigenvalue weighted by Crippen LogP contribution is -2.44. The molecule has 0 bridgehead atoms. The van der Waals surface area contributed by atoms with Gasteiger partial charge < -0.3 is 14.6 Å². The lowest BCUT2D eigenvalue weighted by molar-refractivity contribution is -0.137. The summed E-state index contributed by atoms with van der Waals surface area (Å²) in [5.41, 5.74) is 3.70. The second kappa shape index (κ2) is 10.7. The van der Waals surface area contributed by atoms with Crippen LogP contribution in [0.5, 0.6) is 5.75 Å². The minimum absolute atomic E-state index is 0.124. The maximum Gasteiger partial charge on any atom is 0.226 e. The first-order valence-corrected chi connectivity index (χ1v) is 12.0.